The molecule has 0 atom stereocenters. The van der Waals surface area contributed by atoms with Crippen LogP contribution in [0.1, 0.15) is 29.9 Å². The Kier molecular flexibility index (Phi) is 7.26. The summed E-state index contributed by atoms with van der Waals surface area (Å²) >= 11 is 0. The molecule has 7 heteroatoms. The van der Waals surface area contributed by atoms with Crippen LogP contribution in [-0.2, 0) is 9.47 Å². The maximum absolute atomic E-state index is 12.9. The normalized spacial score (nSPS) is 10.6. The van der Waals surface area contributed by atoms with Crippen molar-refractivity contribution < 1.29 is 23.6 Å². The fourth-order valence-electron chi connectivity index (χ4n) is 3.74. The zero-order chi connectivity index (χ0) is 24.8. The Morgan fingerprint density at radius 1 is 0.800 bits per heavy atom. The van der Waals surface area contributed by atoms with E-state index in [-0.39, 0.29) is 12.6 Å². The molecule has 0 saturated carbocycles. The van der Waals surface area contributed by atoms with E-state index in [4.69, 9.17) is 14.0 Å². The number of para-hydroxylation sites is 1. The second-order valence-electron chi connectivity index (χ2n) is 7.69. The lowest BCUT2D eigenvalue weighted by Gasteiger charge is -2.22. The van der Waals surface area contributed by atoms with E-state index in [1.807, 2.05) is 66.7 Å². The number of carbonyl (C=O) groups is 2. The van der Waals surface area contributed by atoms with Crippen molar-refractivity contribution in [3.05, 3.63) is 90.1 Å². The number of ether oxygens (including phenoxy) is 2. The number of aryl methyl sites for hydroxylation is 1. The summed E-state index contributed by atoms with van der Waals surface area (Å²) in [5.41, 5.74) is 4.93. The fraction of sp³-hybridized carbons (Fsp3) is 0.179. The first kappa shape index (κ1) is 23.8. The summed E-state index contributed by atoms with van der Waals surface area (Å²) in [6.45, 7) is 5.91. The summed E-state index contributed by atoms with van der Waals surface area (Å²) in [4.78, 5) is 26.3. The number of nitrogens with zero attached hydrogens (tertiary/aromatic N) is 2. The van der Waals surface area contributed by atoms with Gasteiger partial charge in [0, 0.05) is 5.56 Å². The minimum atomic E-state index is -0.510. The second-order valence-corrected chi connectivity index (χ2v) is 7.69. The number of aromatic nitrogens is 1. The molecule has 3 aromatic carbocycles. The molecule has 0 spiro atoms. The molecule has 0 aliphatic heterocycles. The summed E-state index contributed by atoms with van der Waals surface area (Å²) in [6.07, 6.45) is -0.510. The Morgan fingerprint density at radius 3 is 1.97 bits per heavy atom. The van der Waals surface area contributed by atoms with Crippen LogP contribution in [0.4, 0.5) is 16.2 Å². The molecule has 0 unspecified atom stereocenters. The van der Waals surface area contributed by atoms with Crippen LogP contribution in [0.3, 0.4) is 0 Å². The van der Waals surface area contributed by atoms with Gasteiger partial charge in [-0.15, -0.1) is 0 Å². The molecule has 1 aromatic heterocycles. The van der Waals surface area contributed by atoms with Gasteiger partial charge in [-0.1, -0.05) is 59.8 Å². The fourth-order valence-corrected chi connectivity index (χ4v) is 3.74. The van der Waals surface area contributed by atoms with Gasteiger partial charge in [0.2, 0.25) is 0 Å². The third-order valence-electron chi connectivity index (χ3n) is 5.40. The lowest BCUT2D eigenvalue weighted by Crippen LogP contribution is -2.27. The van der Waals surface area contributed by atoms with E-state index in [1.165, 1.54) is 4.90 Å². The van der Waals surface area contributed by atoms with E-state index >= 15 is 0 Å². The molecule has 0 radical (unpaired) electrons. The summed E-state index contributed by atoms with van der Waals surface area (Å²) in [5, 5.41) is 4.14. The minimum Gasteiger partial charge on any atom is -0.462 e. The lowest BCUT2D eigenvalue weighted by atomic mass is 10.0. The predicted octanol–water partition coefficient (Wildman–Crippen LogP) is 6.79. The highest BCUT2D eigenvalue weighted by molar-refractivity contribution is 6.00. The van der Waals surface area contributed by atoms with Gasteiger partial charge in [-0.2, -0.15) is 0 Å². The first-order valence-electron chi connectivity index (χ1n) is 11.4. The van der Waals surface area contributed by atoms with Gasteiger partial charge in [-0.05, 0) is 56.2 Å². The van der Waals surface area contributed by atoms with Crippen LogP contribution in [0, 0.1) is 6.92 Å². The van der Waals surface area contributed by atoms with Crippen molar-refractivity contribution in [2.45, 2.75) is 20.8 Å². The van der Waals surface area contributed by atoms with E-state index in [0.717, 1.165) is 16.7 Å². The van der Waals surface area contributed by atoms with E-state index in [1.54, 1.807) is 32.9 Å². The Balaban J connectivity index is 1.67. The maximum atomic E-state index is 12.9. The number of anilines is 2. The number of esters is 1. The Morgan fingerprint density at radius 2 is 1.37 bits per heavy atom. The van der Waals surface area contributed by atoms with Gasteiger partial charge < -0.3 is 14.0 Å². The molecule has 35 heavy (non-hydrogen) atoms. The number of amides is 1. The zero-order valence-corrected chi connectivity index (χ0v) is 19.9. The number of hydrogen-bond donors (Lipinski definition) is 0. The van der Waals surface area contributed by atoms with Gasteiger partial charge in [0.05, 0.1) is 24.5 Å². The van der Waals surface area contributed by atoms with Crippen LogP contribution in [0.5, 0.6) is 0 Å². The molecule has 4 aromatic rings. The minimum absolute atomic E-state index is 0.242. The molecule has 0 saturated heterocycles. The summed E-state index contributed by atoms with van der Waals surface area (Å²) < 4.78 is 16.0. The molecule has 0 fully saturated rings. The smallest absolute Gasteiger partial charge is 0.419 e. The number of rotatable bonds is 7. The average Bonchev–Trinajstić information content (AvgIpc) is 3.26. The second kappa shape index (κ2) is 10.7. The third-order valence-corrected chi connectivity index (χ3v) is 5.40. The predicted molar refractivity (Wildman–Crippen MR) is 134 cm³/mol. The molecule has 1 heterocycles. The van der Waals surface area contributed by atoms with Crippen LogP contribution < -0.4 is 4.90 Å². The molecule has 1 amide bonds. The van der Waals surface area contributed by atoms with Crippen LogP contribution in [-0.4, -0.2) is 30.4 Å². The first-order chi connectivity index (χ1) is 17.0. The van der Waals surface area contributed by atoms with Crippen molar-refractivity contribution in [3.63, 3.8) is 0 Å². The molecule has 0 bridgehead atoms. The highest BCUT2D eigenvalue weighted by Crippen LogP contribution is 2.39. The Bertz CT molecular complexity index is 1300. The van der Waals surface area contributed by atoms with Crippen LogP contribution in [0.2, 0.25) is 0 Å². The maximum Gasteiger partial charge on any atom is 0.419 e. The number of hydrogen-bond acceptors (Lipinski definition) is 6. The van der Waals surface area contributed by atoms with E-state index < -0.39 is 6.09 Å². The van der Waals surface area contributed by atoms with Gasteiger partial charge >= 0.3 is 12.1 Å². The monoisotopic (exact) mass is 470 g/mol. The van der Waals surface area contributed by atoms with Crippen LogP contribution >= 0.6 is 0 Å². The summed E-state index contributed by atoms with van der Waals surface area (Å²) in [6, 6.07) is 24.2. The lowest BCUT2D eigenvalue weighted by molar-refractivity contribution is 0.0526. The zero-order valence-electron chi connectivity index (χ0n) is 19.9. The Hall–Kier alpha value is -4.39. The van der Waals surface area contributed by atoms with Crippen molar-refractivity contribution in [3.8, 4) is 22.5 Å². The van der Waals surface area contributed by atoms with Gasteiger partial charge in [0.15, 0.2) is 5.76 Å². The van der Waals surface area contributed by atoms with Crippen LogP contribution in [0.15, 0.2) is 83.4 Å². The van der Waals surface area contributed by atoms with Gasteiger partial charge in [-0.3, -0.25) is 0 Å². The van der Waals surface area contributed by atoms with E-state index in [9.17, 15) is 9.59 Å². The summed E-state index contributed by atoms with van der Waals surface area (Å²) in [7, 11) is 0. The van der Waals surface area contributed by atoms with Gasteiger partial charge in [0.25, 0.3) is 0 Å². The molecule has 7 nitrogen and oxygen atoms in total. The molecular weight excluding hydrogens is 444 g/mol. The van der Waals surface area contributed by atoms with Gasteiger partial charge in [0.1, 0.15) is 11.4 Å². The average molecular weight is 471 g/mol. The van der Waals surface area contributed by atoms with Crippen molar-refractivity contribution >= 4 is 23.4 Å². The summed E-state index contributed by atoms with van der Waals surface area (Å²) in [5.74, 6) is 0.121. The van der Waals surface area contributed by atoms with Gasteiger partial charge in [-0.25, -0.2) is 14.5 Å². The third kappa shape index (κ3) is 5.09. The quantitative estimate of drug-likeness (QED) is 0.277. The molecule has 4 rings (SSSR count). The van der Waals surface area contributed by atoms with E-state index in [0.29, 0.717) is 35.0 Å². The molecule has 0 aliphatic carbocycles. The SMILES string of the molecule is CCOC(=O)c1ccc(-c2ccc(-c3onc(C)c3N(C(=O)OCC)c3ccccc3)cc2)cc1. The standard InChI is InChI=1S/C28H26N2O5/c1-4-33-27(31)23-17-13-21(14-18-23)20-11-15-22(16-12-20)26-25(19(3)29-35-26)30(28(32)34-5-2)24-9-7-6-8-10-24/h6-18H,4-5H2,1-3H3. The van der Waals surface area contributed by atoms with Crippen molar-refractivity contribution in [2.24, 2.45) is 0 Å². The van der Waals surface area contributed by atoms with Crippen LogP contribution in [0.25, 0.3) is 22.5 Å². The molecule has 0 N–H and O–H groups in total. The number of carbonyl (C=O) groups excluding carboxylic acids is 2. The van der Waals surface area contributed by atoms with Crippen molar-refractivity contribution in [1.82, 2.24) is 5.16 Å². The highest BCUT2D eigenvalue weighted by atomic mass is 16.6. The van der Waals surface area contributed by atoms with Crippen molar-refractivity contribution in [2.75, 3.05) is 18.1 Å². The number of benzene rings is 3. The van der Waals surface area contributed by atoms with E-state index in [2.05, 4.69) is 5.16 Å². The molecule has 178 valence electrons. The largest absolute Gasteiger partial charge is 0.462 e. The Labute approximate surface area is 203 Å². The first-order valence-corrected chi connectivity index (χ1v) is 11.4. The van der Waals surface area contributed by atoms with Crippen molar-refractivity contribution in [1.29, 1.82) is 0 Å². The molecular formula is C28H26N2O5. The molecule has 0 aliphatic rings. The highest BCUT2D eigenvalue weighted by Gasteiger charge is 2.28. The topological polar surface area (TPSA) is 81.9 Å².